The summed E-state index contributed by atoms with van der Waals surface area (Å²) in [5.41, 5.74) is -2.76. The van der Waals surface area contributed by atoms with Crippen LogP contribution >= 0.6 is 0 Å². The van der Waals surface area contributed by atoms with E-state index in [9.17, 15) is 27.6 Å². The van der Waals surface area contributed by atoms with Crippen molar-refractivity contribution in [3.8, 4) is 0 Å². The van der Waals surface area contributed by atoms with Crippen LogP contribution in [0.1, 0.15) is 12.5 Å². The van der Waals surface area contributed by atoms with E-state index < -0.39 is 35.3 Å². The van der Waals surface area contributed by atoms with E-state index in [1.165, 1.54) is 6.92 Å². The molecule has 106 valence electrons. The molecule has 0 unspecified atom stereocenters. The lowest BCUT2D eigenvalue weighted by atomic mass is 10.1. The minimum absolute atomic E-state index is 0.00666. The SMILES string of the molecule is CC(=O)Cn1c(=O)[nH]c2ccc(C(F)(F)F)cc2c1=O. The summed E-state index contributed by atoms with van der Waals surface area (Å²) in [5, 5.41) is -0.291. The molecule has 2 rings (SSSR count). The zero-order chi connectivity index (χ0) is 15.1. The number of aromatic amines is 1. The zero-order valence-corrected chi connectivity index (χ0v) is 10.2. The number of hydrogen-bond acceptors (Lipinski definition) is 3. The van der Waals surface area contributed by atoms with E-state index in [1.54, 1.807) is 0 Å². The lowest BCUT2D eigenvalue weighted by molar-refractivity contribution is -0.137. The number of aromatic nitrogens is 2. The molecule has 2 aromatic rings. The number of carbonyl (C=O) groups excluding carboxylic acids is 1. The summed E-state index contributed by atoms with van der Waals surface area (Å²) in [5.74, 6) is -0.455. The van der Waals surface area contributed by atoms with E-state index in [-0.39, 0.29) is 10.9 Å². The first kappa shape index (κ1) is 14.0. The maximum Gasteiger partial charge on any atom is 0.416 e. The quantitative estimate of drug-likeness (QED) is 0.904. The van der Waals surface area contributed by atoms with E-state index in [0.717, 1.165) is 12.1 Å². The van der Waals surface area contributed by atoms with Crippen LogP contribution in [0.2, 0.25) is 0 Å². The number of H-pyrrole nitrogens is 1. The molecule has 0 aliphatic rings. The Labute approximate surface area is 109 Å². The number of alkyl halides is 3. The molecule has 1 N–H and O–H groups in total. The number of carbonyl (C=O) groups is 1. The standard InChI is InChI=1S/C12H9F3N2O3/c1-6(18)5-17-10(19)8-4-7(12(13,14)15)2-3-9(8)16-11(17)20/h2-4H,5H2,1H3,(H,16,20). The van der Waals surface area contributed by atoms with Crippen molar-refractivity contribution in [2.45, 2.75) is 19.6 Å². The first-order valence-electron chi connectivity index (χ1n) is 5.53. The Morgan fingerprint density at radius 2 is 1.95 bits per heavy atom. The summed E-state index contributed by atoms with van der Waals surface area (Å²) in [6, 6.07) is 2.44. The monoisotopic (exact) mass is 286 g/mol. The van der Waals surface area contributed by atoms with Crippen LogP contribution in [0.5, 0.6) is 0 Å². The van der Waals surface area contributed by atoms with Gasteiger partial charge in [-0.25, -0.2) is 4.79 Å². The summed E-state index contributed by atoms with van der Waals surface area (Å²) < 4.78 is 38.4. The predicted molar refractivity (Wildman–Crippen MR) is 64.5 cm³/mol. The van der Waals surface area contributed by atoms with Gasteiger partial charge in [0.05, 0.1) is 23.0 Å². The third-order valence-corrected chi connectivity index (χ3v) is 2.69. The van der Waals surface area contributed by atoms with Crippen molar-refractivity contribution < 1.29 is 18.0 Å². The molecule has 8 heteroatoms. The molecule has 0 fully saturated rings. The van der Waals surface area contributed by atoms with Crippen molar-refractivity contribution in [2.24, 2.45) is 0 Å². The van der Waals surface area contributed by atoms with Crippen molar-refractivity contribution in [1.82, 2.24) is 9.55 Å². The first-order valence-corrected chi connectivity index (χ1v) is 5.53. The summed E-state index contributed by atoms with van der Waals surface area (Å²) in [7, 11) is 0. The van der Waals surface area contributed by atoms with Crippen LogP contribution in [-0.2, 0) is 17.5 Å². The molecule has 0 saturated carbocycles. The molecule has 0 aliphatic heterocycles. The van der Waals surface area contributed by atoms with Gasteiger partial charge in [-0.05, 0) is 25.1 Å². The number of rotatable bonds is 2. The summed E-state index contributed by atoms with van der Waals surface area (Å²) >= 11 is 0. The summed E-state index contributed by atoms with van der Waals surface area (Å²) in [6.45, 7) is 0.683. The van der Waals surface area contributed by atoms with Gasteiger partial charge >= 0.3 is 11.9 Å². The Morgan fingerprint density at radius 1 is 1.30 bits per heavy atom. The van der Waals surface area contributed by atoms with Gasteiger partial charge in [0.25, 0.3) is 5.56 Å². The Kier molecular flexibility index (Phi) is 3.24. The number of ketones is 1. The molecule has 0 saturated heterocycles. The second-order valence-corrected chi connectivity index (χ2v) is 4.28. The number of Topliss-reactive ketones (excluding diaryl/α,β-unsaturated/α-hetero) is 1. The molecule has 1 heterocycles. The molecule has 1 aromatic carbocycles. The minimum atomic E-state index is -4.60. The van der Waals surface area contributed by atoms with Gasteiger partial charge in [0, 0.05) is 0 Å². The van der Waals surface area contributed by atoms with Gasteiger partial charge < -0.3 is 4.98 Å². The molecule has 0 spiro atoms. The molecule has 0 bridgehead atoms. The molecular weight excluding hydrogens is 277 g/mol. The number of benzene rings is 1. The van der Waals surface area contributed by atoms with E-state index in [2.05, 4.69) is 4.98 Å². The fraction of sp³-hybridized carbons (Fsp3) is 0.250. The van der Waals surface area contributed by atoms with Crippen molar-refractivity contribution in [3.05, 3.63) is 44.6 Å². The van der Waals surface area contributed by atoms with Gasteiger partial charge in [0.1, 0.15) is 5.78 Å². The Bertz CT molecular complexity index is 802. The van der Waals surface area contributed by atoms with Gasteiger partial charge in [-0.2, -0.15) is 13.2 Å². The molecule has 0 atom stereocenters. The highest BCUT2D eigenvalue weighted by molar-refractivity contribution is 5.79. The van der Waals surface area contributed by atoms with Gasteiger partial charge in [-0.3, -0.25) is 14.2 Å². The number of nitrogens with zero attached hydrogens (tertiary/aromatic N) is 1. The average Bonchev–Trinajstić information content (AvgIpc) is 2.32. The number of nitrogens with one attached hydrogen (secondary N) is 1. The number of hydrogen-bond donors (Lipinski definition) is 1. The van der Waals surface area contributed by atoms with Crippen molar-refractivity contribution in [1.29, 1.82) is 0 Å². The molecular formula is C12H9F3N2O3. The fourth-order valence-corrected chi connectivity index (χ4v) is 1.79. The largest absolute Gasteiger partial charge is 0.416 e. The molecule has 20 heavy (non-hydrogen) atoms. The Morgan fingerprint density at radius 3 is 2.50 bits per heavy atom. The van der Waals surface area contributed by atoms with Crippen LogP contribution in [0.15, 0.2) is 27.8 Å². The van der Waals surface area contributed by atoms with Crippen molar-refractivity contribution in [3.63, 3.8) is 0 Å². The maximum absolute atomic E-state index is 12.6. The summed E-state index contributed by atoms with van der Waals surface area (Å²) in [6.07, 6.45) is -4.60. The zero-order valence-electron chi connectivity index (χ0n) is 10.2. The van der Waals surface area contributed by atoms with Crippen LogP contribution in [0.4, 0.5) is 13.2 Å². The Balaban J connectivity index is 2.78. The fourth-order valence-electron chi connectivity index (χ4n) is 1.79. The van der Waals surface area contributed by atoms with Crippen LogP contribution in [-0.4, -0.2) is 15.3 Å². The van der Waals surface area contributed by atoms with Gasteiger partial charge in [0.2, 0.25) is 0 Å². The third kappa shape index (κ3) is 2.49. The van der Waals surface area contributed by atoms with Crippen LogP contribution < -0.4 is 11.2 Å². The van der Waals surface area contributed by atoms with E-state index in [1.807, 2.05) is 0 Å². The van der Waals surface area contributed by atoms with E-state index in [0.29, 0.717) is 10.6 Å². The molecule has 0 amide bonds. The Hall–Kier alpha value is -2.38. The normalized spacial score (nSPS) is 11.8. The number of fused-ring (bicyclic) bond motifs is 1. The predicted octanol–water partition coefficient (Wildman–Crippen LogP) is 1.30. The molecule has 0 aliphatic carbocycles. The third-order valence-electron chi connectivity index (χ3n) is 2.69. The van der Waals surface area contributed by atoms with Crippen LogP contribution in [0.25, 0.3) is 10.9 Å². The maximum atomic E-state index is 12.6. The highest BCUT2D eigenvalue weighted by Crippen LogP contribution is 2.30. The highest BCUT2D eigenvalue weighted by Gasteiger charge is 2.30. The minimum Gasteiger partial charge on any atom is -0.307 e. The highest BCUT2D eigenvalue weighted by atomic mass is 19.4. The molecule has 5 nitrogen and oxygen atoms in total. The number of halogens is 3. The van der Waals surface area contributed by atoms with E-state index >= 15 is 0 Å². The smallest absolute Gasteiger partial charge is 0.307 e. The van der Waals surface area contributed by atoms with Gasteiger partial charge in [-0.15, -0.1) is 0 Å². The van der Waals surface area contributed by atoms with E-state index in [4.69, 9.17) is 0 Å². The second kappa shape index (κ2) is 4.62. The first-order chi connectivity index (χ1) is 9.20. The summed E-state index contributed by atoms with van der Waals surface area (Å²) in [4.78, 5) is 36.8. The lowest BCUT2D eigenvalue weighted by Gasteiger charge is -2.08. The van der Waals surface area contributed by atoms with Crippen molar-refractivity contribution in [2.75, 3.05) is 0 Å². The van der Waals surface area contributed by atoms with Crippen LogP contribution in [0.3, 0.4) is 0 Å². The topological polar surface area (TPSA) is 71.9 Å². The molecule has 0 radical (unpaired) electrons. The van der Waals surface area contributed by atoms with Gasteiger partial charge in [0.15, 0.2) is 0 Å². The van der Waals surface area contributed by atoms with Crippen molar-refractivity contribution >= 4 is 16.7 Å². The second-order valence-electron chi connectivity index (χ2n) is 4.28. The molecule has 1 aromatic heterocycles. The average molecular weight is 286 g/mol. The van der Waals surface area contributed by atoms with Gasteiger partial charge in [-0.1, -0.05) is 0 Å². The lowest BCUT2D eigenvalue weighted by Crippen LogP contribution is -2.36. The van der Waals surface area contributed by atoms with Crippen LogP contribution in [0, 0.1) is 0 Å².